The SMILES string of the molecule is CC(C)=COCCC=CN. The summed E-state index contributed by atoms with van der Waals surface area (Å²) in [5.41, 5.74) is 6.30. The molecule has 10 heavy (non-hydrogen) atoms. The van der Waals surface area contributed by atoms with E-state index in [1.807, 2.05) is 19.9 Å². The lowest BCUT2D eigenvalue weighted by Crippen LogP contribution is -1.86. The van der Waals surface area contributed by atoms with Crippen LogP contribution in [0.2, 0.25) is 0 Å². The second-order valence-electron chi connectivity index (χ2n) is 2.28. The molecule has 0 aliphatic heterocycles. The van der Waals surface area contributed by atoms with E-state index in [9.17, 15) is 0 Å². The molecule has 0 fully saturated rings. The van der Waals surface area contributed by atoms with Crippen LogP contribution in [0.5, 0.6) is 0 Å². The molecule has 2 N–H and O–H groups in total. The molecular formula is C8H15NO. The summed E-state index contributed by atoms with van der Waals surface area (Å²) in [6, 6.07) is 0. The summed E-state index contributed by atoms with van der Waals surface area (Å²) in [5.74, 6) is 0. The molecule has 0 saturated carbocycles. The molecule has 0 amide bonds. The van der Waals surface area contributed by atoms with Gasteiger partial charge < -0.3 is 10.5 Å². The number of hydrogen-bond donors (Lipinski definition) is 1. The summed E-state index contributed by atoms with van der Waals surface area (Å²) >= 11 is 0. The molecule has 0 aliphatic carbocycles. The fourth-order valence-corrected chi connectivity index (χ4v) is 0.458. The average Bonchev–Trinajstić information content (AvgIpc) is 1.87. The first-order valence-electron chi connectivity index (χ1n) is 3.39. The highest BCUT2D eigenvalue weighted by Gasteiger charge is 1.78. The first-order valence-corrected chi connectivity index (χ1v) is 3.39. The van der Waals surface area contributed by atoms with E-state index in [2.05, 4.69) is 0 Å². The summed E-state index contributed by atoms with van der Waals surface area (Å²) in [6.07, 6.45) is 6.04. The topological polar surface area (TPSA) is 35.2 Å². The lowest BCUT2D eigenvalue weighted by molar-refractivity contribution is 0.253. The Balaban J connectivity index is 3.13. The van der Waals surface area contributed by atoms with Gasteiger partial charge in [0, 0.05) is 6.42 Å². The van der Waals surface area contributed by atoms with Gasteiger partial charge in [0.1, 0.15) is 0 Å². The van der Waals surface area contributed by atoms with Crippen LogP contribution in [0.15, 0.2) is 24.1 Å². The van der Waals surface area contributed by atoms with Crippen LogP contribution in [0.4, 0.5) is 0 Å². The zero-order valence-electron chi connectivity index (χ0n) is 6.63. The van der Waals surface area contributed by atoms with Crippen LogP contribution in [0.25, 0.3) is 0 Å². The van der Waals surface area contributed by atoms with Crippen molar-refractivity contribution in [2.75, 3.05) is 6.61 Å². The molecule has 2 nitrogen and oxygen atoms in total. The molecule has 2 heteroatoms. The van der Waals surface area contributed by atoms with E-state index in [0.29, 0.717) is 6.61 Å². The standard InChI is InChI=1S/C8H15NO/c1-8(2)7-10-6-4-3-5-9/h3,5,7H,4,6,9H2,1-2H3. The minimum absolute atomic E-state index is 0.707. The number of nitrogens with two attached hydrogens (primary N) is 1. The Morgan fingerprint density at radius 3 is 2.70 bits per heavy atom. The molecular weight excluding hydrogens is 126 g/mol. The van der Waals surface area contributed by atoms with Gasteiger partial charge in [0.25, 0.3) is 0 Å². The predicted molar refractivity (Wildman–Crippen MR) is 43.3 cm³/mol. The normalized spacial score (nSPS) is 9.80. The third kappa shape index (κ3) is 7.08. The Hall–Kier alpha value is -0.920. The zero-order valence-corrected chi connectivity index (χ0v) is 6.63. The summed E-state index contributed by atoms with van der Waals surface area (Å²) < 4.78 is 5.13. The summed E-state index contributed by atoms with van der Waals surface area (Å²) in [6.45, 7) is 4.70. The second-order valence-corrected chi connectivity index (χ2v) is 2.28. The largest absolute Gasteiger partial charge is 0.501 e. The molecule has 0 saturated heterocycles. The van der Waals surface area contributed by atoms with E-state index in [1.165, 1.54) is 11.8 Å². The van der Waals surface area contributed by atoms with E-state index in [-0.39, 0.29) is 0 Å². The lowest BCUT2D eigenvalue weighted by Gasteiger charge is -1.96. The Morgan fingerprint density at radius 2 is 2.20 bits per heavy atom. The molecule has 0 spiro atoms. The Kier molecular flexibility index (Phi) is 5.63. The minimum Gasteiger partial charge on any atom is -0.501 e. The van der Waals surface area contributed by atoms with Crippen LogP contribution >= 0.6 is 0 Å². The Labute approximate surface area is 62.4 Å². The molecule has 0 unspecified atom stereocenters. The molecule has 0 bridgehead atoms. The van der Waals surface area contributed by atoms with Gasteiger partial charge >= 0.3 is 0 Å². The molecule has 0 atom stereocenters. The fourth-order valence-electron chi connectivity index (χ4n) is 0.458. The Morgan fingerprint density at radius 1 is 1.50 bits per heavy atom. The maximum absolute atomic E-state index is 5.13. The van der Waals surface area contributed by atoms with Crippen molar-refractivity contribution < 1.29 is 4.74 Å². The van der Waals surface area contributed by atoms with E-state index in [1.54, 1.807) is 6.26 Å². The van der Waals surface area contributed by atoms with E-state index in [4.69, 9.17) is 10.5 Å². The summed E-state index contributed by atoms with van der Waals surface area (Å²) in [4.78, 5) is 0. The van der Waals surface area contributed by atoms with Crippen molar-refractivity contribution in [1.29, 1.82) is 0 Å². The van der Waals surface area contributed by atoms with Crippen LogP contribution < -0.4 is 5.73 Å². The number of allylic oxidation sites excluding steroid dienone is 1. The summed E-state index contributed by atoms with van der Waals surface area (Å²) in [5, 5.41) is 0. The van der Waals surface area contributed by atoms with Gasteiger partial charge in [0.2, 0.25) is 0 Å². The highest BCUT2D eigenvalue weighted by atomic mass is 16.5. The quantitative estimate of drug-likeness (QED) is 0.478. The van der Waals surface area contributed by atoms with Crippen molar-refractivity contribution in [2.24, 2.45) is 5.73 Å². The maximum Gasteiger partial charge on any atom is 0.0908 e. The van der Waals surface area contributed by atoms with Crippen molar-refractivity contribution in [3.05, 3.63) is 24.1 Å². The van der Waals surface area contributed by atoms with Gasteiger partial charge in [-0.3, -0.25) is 0 Å². The molecule has 0 heterocycles. The third-order valence-corrected chi connectivity index (χ3v) is 0.857. The molecule has 0 aliphatic rings. The molecule has 0 aromatic rings. The highest BCUT2D eigenvalue weighted by Crippen LogP contribution is 1.91. The third-order valence-electron chi connectivity index (χ3n) is 0.857. The van der Waals surface area contributed by atoms with Gasteiger partial charge in [-0.15, -0.1) is 0 Å². The van der Waals surface area contributed by atoms with Gasteiger partial charge in [-0.2, -0.15) is 0 Å². The van der Waals surface area contributed by atoms with E-state index in [0.717, 1.165) is 6.42 Å². The van der Waals surface area contributed by atoms with Gasteiger partial charge in [-0.05, 0) is 25.6 Å². The van der Waals surface area contributed by atoms with E-state index >= 15 is 0 Å². The van der Waals surface area contributed by atoms with Gasteiger partial charge in [-0.1, -0.05) is 6.08 Å². The van der Waals surface area contributed by atoms with Crippen molar-refractivity contribution in [1.82, 2.24) is 0 Å². The fraction of sp³-hybridized carbons (Fsp3) is 0.500. The zero-order chi connectivity index (χ0) is 7.82. The van der Waals surface area contributed by atoms with E-state index < -0.39 is 0 Å². The van der Waals surface area contributed by atoms with Crippen LogP contribution in [0.3, 0.4) is 0 Å². The molecule has 58 valence electrons. The van der Waals surface area contributed by atoms with Crippen molar-refractivity contribution in [3.63, 3.8) is 0 Å². The minimum atomic E-state index is 0.707. The van der Waals surface area contributed by atoms with Gasteiger partial charge in [0.05, 0.1) is 12.9 Å². The highest BCUT2D eigenvalue weighted by molar-refractivity contribution is 4.86. The van der Waals surface area contributed by atoms with Crippen LogP contribution in [-0.4, -0.2) is 6.61 Å². The first kappa shape index (κ1) is 9.08. The smallest absolute Gasteiger partial charge is 0.0908 e. The maximum atomic E-state index is 5.13. The Bertz CT molecular complexity index is 123. The lowest BCUT2D eigenvalue weighted by atomic mass is 10.4. The van der Waals surface area contributed by atoms with Crippen molar-refractivity contribution in [2.45, 2.75) is 20.3 Å². The van der Waals surface area contributed by atoms with Crippen LogP contribution in [0.1, 0.15) is 20.3 Å². The number of rotatable bonds is 4. The number of ether oxygens (including phenoxy) is 1. The second kappa shape index (κ2) is 6.20. The van der Waals surface area contributed by atoms with Gasteiger partial charge in [-0.25, -0.2) is 0 Å². The average molecular weight is 141 g/mol. The van der Waals surface area contributed by atoms with Crippen molar-refractivity contribution >= 4 is 0 Å². The van der Waals surface area contributed by atoms with Crippen molar-refractivity contribution in [3.8, 4) is 0 Å². The van der Waals surface area contributed by atoms with Gasteiger partial charge in [0.15, 0.2) is 0 Å². The van der Waals surface area contributed by atoms with Crippen LogP contribution in [0, 0.1) is 0 Å². The first-order chi connectivity index (χ1) is 4.77. The predicted octanol–water partition coefficient (Wildman–Crippen LogP) is 1.79. The molecule has 0 rings (SSSR count). The molecule has 0 radical (unpaired) electrons. The van der Waals surface area contributed by atoms with Crippen LogP contribution in [-0.2, 0) is 4.74 Å². The summed E-state index contributed by atoms with van der Waals surface area (Å²) in [7, 11) is 0. The molecule has 0 aromatic carbocycles. The monoisotopic (exact) mass is 141 g/mol. The number of hydrogen-bond acceptors (Lipinski definition) is 2. The molecule has 0 aromatic heterocycles.